The Hall–Kier alpha value is -1.06. The van der Waals surface area contributed by atoms with E-state index in [-0.39, 0.29) is 6.10 Å². The Morgan fingerprint density at radius 3 is 2.56 bits per heavy atom. The lowest BCUT2D eigenvalue weighted by Gasteiger charge is -2.44. The van der Waals surface area contributed by atoms with Crippen LogP contribution in [0.5, 0.6) is 5.75 Å². The molecule has 0 spiro atoms. The van der Waals surface area contributed by atoms with Crippen LogP contribution in [0.2, 0.25) is 0 Å². The molecule has 1 N–H and O–H groups in total. The molecule has 1 aromatic rings. The summed E-state index contributed by atoms with van der Waals surface area (Å²) >= 11 is 0. The summed E-state index contributed by atoms with van der Waals surface area (Å²) in [5, 5.41) is 10.7. The Kier molecular flexibility index (Phi) is 3.64. The predicted molar refractivity (Wildman–Crippen MR) is 71.0 cm³/mol. The molecule has 1 aliphatic rings. The van der Waals surface area contributed by atoms with E-state index in [4.69, 9.17) is 9.47 Å². The summed E-state index contributed by atoms with van der Waals surface area (Å²) in [6.45, 7) is 6.74. The average molecular weight is 250 g/mol. The largest absolute Gasteiger partial charge is 0.496 e. The zero-order chi connectivity index (χ0) is 13.3. The van der Waals surface area contributed by atoms with E-state index in [9.17, 15) is 5.11 Å². The van der Waals surface area contributed by atoms with Crippen molar-refractivity contribution in [1.29, 1.82) is 0 Å². The number of hydrogen-bond donors (Lipinski definition) is 1. The molecule has 100 valence electrons. The van der Waals surface area contributed by atoms with Crippen molar-refractivity contribution in [2.24, 2.45) is 0 Å². The van der Waals surface area contributed by atoms with Crippen LogP contribution in [0.15, 0.2) is 12.1 Å². The lowest BCUT2D eigenvalue weighted by Crippen LogP contribution is -2.46. The summed E-state index contributed by atoms with van der Waals surface area (Å²) in [7, 11) is 1.65. The van der Waals surface area contributed by atoms with Crippen LogP contribution in [0.4, 0.5) is 0 Å². The highest BCUT2D eigenvalue weighted by molar-refractivity contribution is 5.47. The third kappa shape index (κ3) is 2.25. The van der Waals surface area contributed by atoms with Gasteiger partial charge in [-0.2, -0.15) is 0 Å². The summed E-state index contributed by atoms with van der Waals surface area (Å²) in [6, 6.07) is 4.07. The van der Waals surface area contributed by atoms with Gasteiger partial charge in [0.1, 0.15) is 5.75 Å². The summed E-state index contributed by atoms with van der Waals surface area (Å²) in [4.78, 5) is 0. The van der Waals surface area contributed by atoms with Gasteiger partial charge in [0.2, 0.25) is 0 Å². The molecule has 0 bridgehead atoms. The molecule has 0 unspecified atom stereocenters. The molecule has 0 saturated heterocycles. The van der Waals surface area contributed by atoms with Crippen molar-refractivity contribution in [2.75, 3.05) is 13.7 Å². The molecule has 1 fully saturated rings. The second-order valence-electron chi connectivity index (χ2n) is 5.18. The molecule has 0 aliphatic heterocycles. The third-order valence-electron chi connectivity index (χ3n) is 3.66. The van der Waals surface area contributed by atoms with E-state index in [0.717, 1.165) is 22.4 Å². The summed E-state index contributed by atoms with van der Waals surface area (Å²) in [5.74, 6) is 0.782. The topological polar surface area (TPSA) is 38.7 Å². The van der Waals surface area contributed by atoms with Crippen molar-refractivity contribution in [3.05, 3.63) is 28.8 Å². The highest BCUT2D eigenvalue weighted by Crippen LogP contribution is 2.47. The van der Waals surface area contributed by atoms with Gasteiger partial charge in [-0.3, -0.25) is 0 Å². The number of aliphatic hydroxyl groups is 1. The summed E-state index contributed by atoms with van der Waals surface area (Å²) < 4.78 is 11.0. The number of benzene rings is 1. The van der Waals surface area contributed by atoms with E-state index >= 15 is 0 Å². The first-order chi connectivity index (χ1) is 8.50. The van der Waals surface area contributed by atoms with Crippen LogP contribution in [0.1, 0.15) is 36.5 Å². The molecule has 1 saturated carbocycles. The predicted octanol–water partition coefficient (Wildman–Crippen LogP) is 2.70. The minimum absolute atomic E-state index is 0.172. The van der Waals surface area contributed by atoms with E-state index < -0.39 is 5.60 Å². The first-order valence-corrected chi connectivity index (χ1v) is 6.50. The highest BCUT2D eigenvalue weighted by Gasteiger charge is 2.47. The van der Waals surface area contributed by atoms with Crippen molar-refractivity contribution in [3.63, 3.8) is 0 Å². The summed E-state index contributed by atoms with van der Waals surface area (Å²) in [5.41, 5.74) is 2.37. The van der Waals surface area contributed by atoms with Gasteiger partial charge < -0.3 is 14.6 Å². The van der Waals surface area contributed by atoms with Crippen LogP contribution in [0, 0.1) is 13.8 Å². The molecular weight excluding hydrogens is 228 g/mol. The van der Waals surface area contributed by atoms with Gasteiger partial charge in [-0.25, -0.2) is 0 Å². The molecular formula is C15H22O3. The van der Waals surface area contributed by atoms with E-state index in [2.05, 4.69) is 6.07 Å². The van der Waals surface area contributed by atoms with Crippen LogP contribution in [0.3, 0.4) is 0 Å². The van der Waals surface area contributed by atoms with Crippen molar-refractivity contribution >= 4 is 0 Å². The monoisotopic (exact) mass is 250 g/mol. The number of hydrogen-bond acceptors (Lipinski definition) is 3. The van der Waals surface area contributed by atoms with Gasteiger partial charge in [-0.1, -0.05) is 6.07 Å². The van der Waals surface area contributed by atoms with Gasteiger partial charge in [0, 0.05) is 25.0 Å². The molecule has 1 aromatic carbocycles. The zero-order valence-corrected chi connectivity index (χ0v) is 11.6. The number of ether oxygens (including phenoxy) is 2. The van der Waals surface area contributed by atoms with Crippen LogP contribution in [-0.4, -0.2) is 24.9 Å². The highest BCUT2D eigenvalue weighted by atomic mass is 16.5. The molecule has 3 nitrogen and oxygen atoms in total. The molecule has 0 heterocycles. The average Bonchev–Trinajstić information content (AvgIpc) is 2.25. The minimum Gasteiger partial charge on any atom is -0.496 e. The maximum atomic E-state index is 10.7. The van der Waals surface area contributed by atoms with Crippen molar-refractivity contribution < 1.29 is 14.6 Å². The first kappa shape index (κ1) is 13.4. The fourth-order valence-corrected chi connectivity index (χ4v) is 2.94. The molecule has 0 radical (unpaired) electrons. The number of rotatable bonds is 4. The Morgan fingerprint density at radius 1 is 1.33 bits per heavy atom. The van der Waals surface area contributed by atoms with Crippen LogP contribution < -0.4 is 4.74 Å². The molecule has 3 heteroatoms. The van der Waals surface area contributed by atoms with Gasteiger partial charge in [-0.15, -0.1) is 0 Å². The molecule has 0 aromatic heterocycles. The maximum Gasteiger partial charge on any atom is 0.125 e. The standard InChI is InChI=1S/C15H22O3/c1-5-18-12-8-15(16,9-12)14-11(3)6-10(2)7-13(14)17-4/h6-7,12,16H,5,8-9H2,1-4H3. The summed E-state index contributed by atoms with van der Waals surface area (Å²) in [6.07, 6.45) is 1.48. The van der Waals surface area contributed by atoms with Gasteiger partial charge in [-0.05, 0) is 38.0 Å². The van der Waals surface area contributed by atoms with E-state index in [0.29, 0.717) is 19.4 Å². The van der Waals surface area contributed by atoms with Crippen molar-refractivity contribution in [2.45, 2.75) is 45.3 Å². The fraction of sp³-hybridized carbons (Fsp3) is 0.600. The zero-order valence-electron chi connectivity index (χ0n) is 11.6. The maximum absolute atomic E-state index is 10.7. The second kappa shape index (κ2) is 4.90. The Bertz CT molecular complexity index is 434. The SMILES string of the molecule is CCOC1CC(O)(c2c(C)cc(C)cc2OC)C1. The van der Waals surface area contributed by atoms with Crippen molar-refractivity contribution in [3.8, 4) is 5.75 Å². The van der Waals surface area contributed by atoms with Gasteiger partial charge in [0.15, 0.2) is 0 Å². The van der Waals surface area contributed by atoms with Crippen LogP contribution in [-0.2, 0) is 10.3 Å². The lowest BCUT2D eigenvalue weighted by atomic mass is 9.71. The van der Waals surface area contributed by atoms with Gasteiger partial charge in [0.05, 0.1) is 18.8 Å². The number of aryl methyl sites for hydroxylation is 2. The molecule has 1 aliphatic carbocycles. The fourth-order valence-electron chi connectivity index (χ4n) is 2.94. The smallest absolute Gasteiger partial charge is 0.125 e. The van der Waals surface area contributed by atoms with Gasteiger partial charge in [0.25, 0.3) is 0 Å². The van der Waals surface area contributed by atoms with E-state index in [1.54, 1.807) is 7.11 Å². The Labute approximate surface area is 109 Å². The van der Waals surface area contributed by atoms with E-state index in [1.165, 1.54) is 0 Å². The van der Waals surface area contributed by atoms with Crippen LogP contribution in [0.25, 0.3) is 0 Å². The number of methoxy groups -OCH3 is 1. The third-order valence-corrected chi connectivity index (χ3v) is 3.66. The second-order valence-corrected chi connectivity index (χ2v) is 5.18. The first-order valence-electron chi connectivity index (χ1n) is 6.50. The molecule has 2 rings (SSSR count). The molecule has 0 amide bonds. The molecule has 0 atom stereocenters. The normalized spacial score (nSPS) is 26.8. The van der Waals surface area contributed by atoms with Crippen molar-refractivity contribution in [1.82, 2.24) is 0 Å². The quantitative estimate of drug-likeness (QED) is 0.893. The Balaban J connectivity index is 2.29. The molecule has 18 heavy (non-hydrogen) atoms. The minimum atomic E-state index is -0.789. The lowest BCUT2D eigenvalue weighted by molar-refractivity contribution is -0.143. The van der Waals surface area contributed by atoms with Gasteiger partial charge >= 0.3 is 0 Å². The van der Waals surface area contributed by atoms with E-state index in [1.807, 2.05) is 26.8 Å². The Morgan fingerprint density at radius 2 is 2.00 bits per heavy atom. The van der Waals surface area contributed by atoms with Crippen LogP contribution >= 0.6 is 0 Å².